The van der Waals surface area contributed by atoms with Gasteiger partial charge < -0.3 is 4.74 Å². The fourth-order valence-corrected chi connectivity index (χ4v) is 3.33. The third-order valence-corrected chi connectivity index (χ3v) is 4.58. The SMILES string of the molecule is COc1ccc(Cl)cc1C(C#N)C(=O)c1ccc(Br)s1. The van der Waals surface area contributed by atoms with E-state index in [4.69, 9.17) is 16.3 Å². The Morgan fingerprint density at radius 2 is 2.20 bits per heavy atom. The summed E-state index contributed by atoms with van der Waals surface area (Å²) in [6.07, 6.45) is 0. The molecule has 3 nitrogen and oxygen atoms in total. The number of rotatable bonds is 4. The van der Waals surface area contributed by atoms with Crippen LogP contribution in [0, 0.1) is 11.3 Å². The molecule has 0 aliphatic rings. The largest absolute Gasteiger partial charge is 0.496 e. The first kappa shape index (κ1) is 15.0. The molecule has 2 aromatic rings. The zero-order chi connectivity index (χ0) is 14.7. The number of hydrogen-bond donors (Lipinski definition) is 0. The highest BCUT2D eigenvalue weighted by molar-refractivity contribution is 9.11. The second-order valence-electron chi connectivity index (χ2n) is 3.92. The summed E-state index contributed by atoms with van der Waals surface area (Å²) >= 11 is 10.5. The average Bonchev–Trinajstić information content (AvgIpc) is 2.86. The molecule has 1 heterocycles. The highest BCUT2D eigenvalue weighted by atomic mass is 79.9. The molecule has 0 amide bonds. The van der Waals surface area contributed by atoms with Crippen LogP contribution < -0.4 is 4.74 Å². The molecule has 1 aromatic heterocycles. The zero-order valence-corrected chi connectivity index (χ0v) is 13.6. The van der Waals surface area contributed by atoms with E-state index in [-0.39, 0.29) is 5.78 Å². The van der Waals surface area contributed by atoms with Crippen molar-refractivity contribution in [2.45, 2.75) is 5.92 Å². The summed E-state index contributed by atoms with van der Waals surface area (Å²) in [5.41, 5.74) is 0.483. The van der Waals surface area contributed by atoms with Gasteiger partial charge in [0.1, 0.15) is 11.7 Å². The van der Waals surface area contributed by atoms with Crippen LogP contribution in [0.1, 0.15) is 21.2 Å². The highest BCUT2D eigenvalue weighted by Gasteiger charge is 2.26. The first-order chi connectivity index (χ1) is 9.56. The molecular formula is C14H9BrClNO2S. The van der Waals surface area contributed by atoms with Crippen LogP contribution in [0.25, 0.3) is 0 Å². The number of halogens is 2. The second-order valence-corrected chi connectivity index (χ2v) is 6.82. The third kappa shape index (κ3) is 3.04. The molecule has 0 saturated carbocycles. The Balaban J connectivity index is 2.45. The molecule has 0 bridgehead atoms. The van der Waals surface area contributed by atoms with Crippen molar-refractivity contribution in [3.63, 3.8) is 0 Å². The van der Waals surface area contributed by atoms with E-state index in [0.29, 0.717) is 21.2 Å². The summed E-state index contributed by atoms with van der Waals surface area (Å²) in [6, 6.07) is 10.4. The van der Waals surface area contributed by atoms with E-state index in [1.165, 1.54) is 18.4 Å². The fraction of sp³-hybridized carbons (Fsp3) is 0.143. The molecule has 6 heteroatoms. The maximum absolute atomic E-state index is 12.4. The van der Waals surface area contributed by atoms with Gasteiger partial charge in [-0.3, -0.25) is 4.79 Å². The van der Waals surface area contributed by atoms with Crippen molar-refractivity contribution in [1.82, 2.24) is 0 Å². The lowest BCUT2D eigenvalue weighted by Crippen LogP contribution is -2.11. The van der Waals surface area contributed by atoms with Gasteiger partial charge in [0.05, 0.1) is 21.8 Å². The number of ether oxygens (including phenoxy) is 1. The average molecular weight is 371 g/mol. The van der Waals surface area contributed by atoms with E-state index >= 15 is 0 Å². The molecule has 102 valence electrons. The van der Waals surface area contributed by atoms with Crippen LogP contribution in [0.15, 0.2) is 34.1 Å². The molecule has 0 aliphatic heterocycles. The molecule has 0 aliphatic carbocycles. The smallest absolute Gasteiger partial charge is 0.194 e. The van der Waals surface area contributed by atoms with E-state index in [2.05, 4.69) is 15.9 Å². The Kier molecular flexibility index (Phi) is 4.81. The Bertz CT molecular complexity index is 693. The molecule has 1 unspecified atom stereocenters. The molecule has 20 heavy (non-hydrogen) atoms. The molecule has 1 atom stereocenters. The third-order valence-electron chi connectivity index (χ3n) is 2.71. The van der Waals surface area contributed by atoms with Crippen molar-refractivity contribution in [3.05, 3.63) is 49.6 Å². The Morgan fingerprint density at radius 3 is 2.75 bits per heavy atom. The maximum Gasteiger partial charge on any atom is 0.194 e. The minimum absolute atomic E-state index is 0.260. The predicted octanol–water partition coefficient (Wildman–Crippen LogP) is 4.66. The lowest BCUT2D eigenvalue weighted by atomic mass is 9.94. The lowest BCUT2D eigenvalue weighted by Gasteiger charge is -2.12. The van der Waals surface area contributed by atoms with Crippen molar-refractivity contribution < 1.29 is 9.53 Å². The second kappa shape index (κ2) is 6.40. The van der Waals surface area contributed by atoms with Crippen molar-refractivity contribution in [1.29, 1.82) is 5.26 Å². The number of nitrogens with zero attached hydrogens (tertiary/aromatic N) is 1. The summed E-state index contributed by atoms with van der Waals surface area (Å²) < 4.78 is 6.05. The molecule has 0 fully saturated rings. The summed E-state index contributed by atoms with van der Waals surface area (Å²) in [7, 11) is 1.49. The Labute approximate surface area is 133 Å². The van der Waals surface area contributed by atoms with Crippen molar-refractivity contribution in [3.8, 4) is 11.8 Å². The van der Waals surface area contributed by atoms with Crippen LogP contribution >= 0.6 is 38.9 Å². The molecule has 0 radical (unpaired) electrons. The quantitative estimate of drug-likeness (QED) is 0.735. The predicted molar refractivity (Wildman–Crippen MR) is 82.7 cm³/mol. The van der Waals surface area contributed by atoms with Gasteiger partial charge in [0.25, 0.3) is 0 Å². The Hall–Kier alpha value is -1.35. The lowest BCUT2D eigenvalue weighted by molar-refractivity contribution is 0.0981. The first-order valence-electron chi connectivity index (χ1n) is 5.59. The van der Waals surface area contributed by atoms with Gasteiger partial charge >= 0.3 is 0 Å². The highest BCUT2D eigenvalue weighted by Crippen LogP contribution is 2.33. The van der Waals surface area contributed by atoms with E-state index < -0.39 is 5.92 Å². The van der Waals surface area contributed by atoms with Gasteiger partial charge in [0.2, 0.25) is 0 Å². The van der Waals surface area contributed by atoms with Crippen molar-refractivity contribution in [2.75, 3.05) is 7.11 Å². The summed E-state index contributed by atoms with van der Waals surface area (Å²) in [5.74, 6) is -0.720. The fourth-order valence-electron chi connectivity index (χ4n) is 1.79. The van der Waals surface area contributed by atoms with Gasteiger partial charge in [-0.1, -0.05) is 11.6 Å². The molecule has 0 N–H and O–H groups in total. The van der Waals surface area contributed by atoms with E-state index in [0.717, 1.165) is 3.79 Å². The number of Topliss-reactive ketones (excluding diaryl/α,β-unsaturated/α-hetero) is 1. The van der Waals surface area contributed by atoms with Crippen LogP contribution in [0.5, 0.6) is 5.75 Å². The van der Waals surface area contributed by atoms with E-state index in [1.54, 1.807) is 30.3 Å². The monoisotopic (exact) mass is 369 g/mol. The first-order valence-corrected chi connectivity index (χ1v) is 7.58. The molecule has 1 aromatic carbocycles. The number of hydrogen-bond acceptors (Lipinski definition) is 4. The van der Waals surface area contributed by atoms with Crippen molar-refractivity contribution in [2.24, 2.45) is 0 Å². The summed E-state index contributed by atoms with van der Waals surface area (Å²) in [4.78, 5) is 13.0. The zero-order valence-electron chi connectivity index (χ0n) is 10.4. The van der Waals surface area contributed by atoms with Gasteiger partial charge in [-0.2, -0.15) is 5.26 Å². The van der Waals surface area contributed by atoms with Crippen LogP contribution in [-0.4, -0.2) is 12.9 Å². The number of benzene rings is 1. The standard InChI is InChI=1S/C14H9BrClNO2S/c1-19-11-3-2-8(16)6-9(11)10(7-17)14(18)12-4-5-13(15)20-12/h2-6,10H,1H3. The molecule has 2 rings (SSSR count). The summed E-state index contributed by atoms with van der Waals surface area (Å²) in [6.45, 7) is 0. The van der Waals surface area contributed by atoms with Crippen LogP contribution in [-0.2, 0) is 0 Å². The maximum atomic E-state index is 12.4. The topological polar surface area (TPSA) is 50.1 Å². The molecular weight excluding hydrogens is 362 g/mol. The van der Waals surface area contributed by atoms with E-state index in [1.807, 2.05) is 6.07 Å². The number of methoxy groups -OCH3 is 1. The van der Waals surface area contributed by atoms with Gasteiger partial charge in [-0.15, -0.1) is 11.3 Å². The van der Waals surface area contributed by atoms with Gasteiger partial charge in [-0.05, 0) is 46.3 Å². The number of carbonyl (C=O) groups is 1. The minimum atomic E-state index is -0.936. The number of ketones is 1. The van der Waals surface area contributed by atoms with Crippen LogP contribution in [0.2, 0.25) is 5.02 Å². The normalized spacial score (nSPS) is 11.7. The van der Waals surface area contributed by atoms with E-state index in [9.17, 15) is 10.1 Å². The Morgan fingerprint density at radius 1 is 1.45 bits per heavy atom. The number of nitriles is 1. The van der Waals surface area contributed by atoms with Crippen LogP contribution in [0.4, 0.5) is 0 Å². The van der Waals surface area contributed by atoms with Gasteiger partial charge in [-0.25, -0.2) is 0 Å². The number of carbonyl (C=O) groups excluding carboxylic acids is 1. The minimum Gasteiger partial charge on any atom is -0.496 e. The van der Waals surface area contributed by atoms with Crippen LogP contribution in [0.3, 0.4) is 0 Å². The number of thiophene rings is 1. The van der Waals surface area contributed by atoms with Gasteiger partial charge in [0.15, 0.2) is 5.78 Å². The summed E-state index contributed by atoms with van der Waals surface area (Å²) in [5, 5.41) is 9.81. The molecule has 0 spiro atoms. The van der Waals surface area contributed by atoms with Gasteiger partial charge in [0, 0.05) is 10.6 Å². The molecule has 0 saturated heterocycles. The van der Waals surface area contributed by atoms with Crippen molar-refractivity contribution >= 4 is 44.7 Å².